The van der Waals surface area contributed by atoms with Crippen molar-refractivity contribution >= 4 is 17.7 Å². The molecule has 0 saturated carbocycles. The van der Waals surface area contributed by atoms with Gasteiger partial charge in [-0.05, 0) is 5.56 Å². The first-order chi connectivity index (χ1) is 12.5. The number of pyridine rings is 1. The number of hydrogen-bond donors (Lipinski definition) is 0. The van der Waals surface area contributed by atoms with Crippen LogP contribution >= 0.6 is 0 Å². The molecule has 26 heavy (non-hydrogen) atoms. The fourth-order valence-corrected chi connectivity index (χ4v) is 2.12. The van der Waals surface area contributed by atoms with Gasteiger partial charge in [-0.25, -0.2) is 4.98 Å². The van der Waals surface area contributed by atoms with E-state index in [0.717, 1.165) is 5.56 Å². The number of carbonyl (C=O) groups excluding carboxylic acids is 3. The van der Waals surface area contributed by atoms with E-state index in [1.165, 1.54) is 26.3 Å². The molecule has 136 valence electrons. The lowest BCUT2D eigenvalue weighted by molar-refractivity contribution is -0.148. The first kappa shape index (κ1) is 19.1. The van der Waals surface area contributed by atoms with Crippen LogP contribution in [0.3, 0.4) is 0 Å². The minimum absolute atomic E-state index is 0.00986. The van der Waals surface area contributed by atoms with Crippen molar-refractivity contribution in [2.45, 2.75) is 26.4 Å². The molecule has 1 aromatic carbocycles. The first-order valence-corrected chi connectivity index (χ1v) is 7.95. The van der Waals surface area contributed by atoms with Crippen LogP contribution in [0.15, 0.2) is 42.6 Å². The standard InChI is InChI=1S/C19H19NO6/c1-13(21)18-19(15(24-2)10-11-20-18)26-17(23)9-8-16(22)25-12-14-6-4-3-5-7-14/h3-7,10-11H,8-9,12H2,1-2H3. The maximum absolute atomic E-state index is 12.0. The largest absolute Gasteiger partial charge is 0.493 e. The summed E-state index contributed by atoms with van der Waals surface area (Å²) >= 11 is 0. The van der Waals surface area contributed by atoms with Crippen LogP contribution in [0.25, 0.3) is 0 Å². The number of esters is 2. The summed E-state index contributed by atoms with van der Waals surface area (Å²) in [5.41, 5.74) is 0.846. The van der Waals surface area contributed by atoms with Crippen molar-refractivity contribution in [3.63, 3.8) is 0 Å². The summed E-state index contributed by atoms with van der Waals surface area (Å²) in [4.78, 5) is 39.3. The molecule has 0 radical (unpaired) electrons. The second-order valence-corrected chi connectivity index (χ2v) is 5.37. The molecule has 0 spiro atoms. The molecule has 0 amide bonds. The monoisotopic (exact) mass is 357 g/mol. The Morgan fingerprint density at radius 3 is 2.35 bits per heavy atom. The van der Waals surface area contributed by atoms with E-state index in [9.17, 15) is 14.4 Å². The first-order valence-electron chi connectivity index (χ1n) is 7.95. The molecule has 0 saturated heterocycles. The Bertz CT molecular complexity index is 788. The highest BCUT2D eigenvalue weighted by Gasteiger charge is 2.19. The molecule has 0 atom stereocenters. The van der Waals surface area contributed by atoms with Crippen LogP contribution in [-0.4, -0.2) is 29.8 Å². The van der Waals surface area contributed by atoms with Gasteiger partial charge in [-0.15, -0.1) is 0 Å². The van der Waals surface area contributed by atoms with E-state index in [1.54, 1.807) is 0 Å². The third kappa shape index (κ3) is 5.41. The van der Waals surface area contributed by atoms with Gasteiger partial charge < -0.3 is 14.2 Å². The molecule has 0 unspecified atom stereocenters. The van der Waals surface area contributed by atoms with E-state index in [4.69, 9.17) is 14.2 Å². The lowest BCUT2D eigenvalue weighted by Crippen LogP contribution is -2.15. The Kier molecular flexibility index (Phi) is 6.84. The number of benzene rings is 1. The predicted molar refractivity (Wildman–Crippen MR) is 91.9 cm³/mol. The zero-order valence-corrected chi connectivity index (χ0v) is 14.6. The van der Waals surface area contributed by atoms with Gasteiger partial charge in [0.05, 0.1) is 20.0 Å². The number of ketones is 1. The summed E-state index contributed by atoms with van der Waals surface area (Å²) in [6, 6.07) is 10.7. The Hall–Kier alpha value is -3.22. The average molecular weight is 357 g/mol. The summed E-state index contributed by atoms with van der Waals surface area (Å²) in [6.07, 6.45) is 1.06. The minimum Gasteiger partial charge on any atom is -0.493 e. The van der Waals surface area contributed by atoms with Gasteiger partial charge in [0.25, 0.3) is 0 Å². The maximum atomic E-state index is 12.0. The van der Waals surface area contributed by atoms with E-state index >= 15 is 0 Å². The molecular weight excluding hydrogens is 338 g/mol. The average Bonchev–Trinajstić information content (AvgIpc) is 2.65. The quantitative estimate of drug-likeness (QED) is 0.530. The summed E-state index contributed by atoms with van der Waals surface area (Å²) in [7, 11) is 1.39. The van der Waals surface area contributed by atoms with E-state index in [1.807, 2.05) is 30.3 Å². The highest BCUT2D eigenvalue weighted by atomic mass is 16.6. The molecule has 2 rings (SSSR count). The topological polar surface area (TPSA) is 91.8 Å². The number of carbonyl (C=O) groups is 3. The Balaban J connectivity index is 1.89. The third-order valence-corrected chi connectivity index (χ3v) is 3.41. The van der Waals surface area contributed by atoms with Gasteiger partial charge in [-0.3, -0.25) is 14.4 Å². The highest BCUT2D eigenvalue weighted by molar-refractivity contribution is 5.96. The third-order valence-electron chi connectivity index (χ3n) is 3.41. The zero-order chi connectivity index (χ0) is 18.9. The van der Waals surface area contributed by atoms with Crippen LogP contribution < -0.4 is 9.47 Å². The summed E-state index contributed by atoms with van der Waals surface area (Å²) in [5.74, 6) is -1.41. The Labute approximate surface area is 150 Å². The Morgan fingerprint density at radius 2 is 1.69 bits per heavy atom. The van der Waals surface area contributed by atoms with Crippen LogP contribution in [0.5, 0.6) is 11.5 Å². The van der Waals surface area contributed by atoms with Crippen molar-refractivity contribution in [1.29, 1.82) is 0 Å². The van der Waals surface area contributed by atoms with Crippen molar-refractivity contribution < 1.29 is 28.6 Å². The van der Waals surface area contributed by atoms with Gasteiger partial charge in [0.1, 0.15) is 6.61 Å². The van der Waals surface area contributed by atoms with Crippen LogP contribution in [0.4, 0.5) is 0 Å². The molecule has 0 aliphatic rings. The molecule has 0 aliphatic carbocycles. The molecule has 7 nitrogen and oxygen atoms in total. The number of hydrogen-bond acceptors (Lipinski definition) is 7. The molecule has 0 N–H and O–H groups in total. The number of methoxy groups -OCH3 is 1. The van der Waals surface area contributed by atoms with Crippen molar-refractivity contribution in [3.8, 4) is 11.5 Å². The van der Waals surface area contributed by atoms with Crippen molar-refractivity contribution in [2.24, 2.45) is 0 Å². The molecular formula is C19H19NO6. The molecule has 0 bridgehead atoms. The van der Waals surface area contributed by atoms with Crippen LogP contribution in [-0.2, 0) is 20.9 Å². The zero-order valence-electron chi connectivity index (χ0n) is 14.6. The lowest BCUT2D eigenvalue weighted by Gasteiger charge is -2.11. The fraction of sp³-hybridized carbons (Fsp3) is 0.263. The number of rotatable bonds is 8. The van der Waals surface area contributed by atoms with E-state index in [0.29, 0.717) is 0 Å². The van der Waals surface area contributed by atoms with Gasteiger partial charge in [0.15, 0.2) is 17.2 Å². The van der Waals surface area contributed by atoms with Crippen LogP contribution in [0, 0.1) is 0 Å². The van der Waals surface area contributed by atoms with Crippen LogP contribution in [0.2, 0.25) is 0 Å². The highest BCUT2D eigenvalue weighted by Crippen LogP contribution is 2.30. The SMILES string of the molecule is COc1ccnc(C(C)=O)c1OC(=O)CCC(=O)OCc1ccccc1. The second-order valence-electron chi connectivity index (χ2n) is 5.37. The predicted octanol–water partition coefficient (Wildman–Crippen LogP) is 2.72. The van der Waals surface area contributed by atoms with Crippen LogP contribution in [0.1, 0.15) is 35.8 Å². The van der Waals surface area contributed by atoms with E-state index in [-0.39, 0.29) is 42.4 Å². The number of nitrogens with zero attached hydrogens (tertiary/aromatic N) is 1. The number of Topliss-reactive ketones (excluding diaryl/α,β-unsaturated/α-hetero) is 1. The van der Waals surface area contributed by atoms with Crippen molar-refractivity contribution in [2.75, 3.05) is 7.11 Å². The summed E-state index contributed by atoms with van der Waals surface area (Å²) in [5, 5.41) is 0. The van der Waals surface area contributed by atoms with Gasteiger partial charge in [-0.2, -0.15) is 0 Å². The second kappa shape index (κ2) is 9.31. The van der Waals surface area contributed by atoms with E-state index in [2.05, 4.69) is 4.98 Å². The maximum Gasteiger partial charge on any atom is 0.311 e. The number of ether oxygens (including phenoxy) is 3. The minimum atomic E-state index is -0.685. The van der Waals surface area contributed by atoms with Gasteiger partial charge in [-0.1, -0.05) is 30.3 Å². The van der Waals surface area contributed by atoms with Crippen molar-refractivity contribution in [3.05, 3.63) is 53.9 Å². The molecule has 7 heteroatoms. The summed E-state index contributed by atoms with van der Waals surface area (Å²) in [6.45, 7) is 1.44. The van der Waals surface area contributed by atoms with Gasteiger partial charge in [0, 0.05) is 19.2 Å². The molecule has 0 fully saturated rings. The van der Waals surface area contributed by atoms with Gasteiger partial charge in [0.2, 0.25) is 5.75 Å². The Morgan fingerprint density at radius 1 is 1.00 bits per heavy atom. The summed E-state index contributed by atoms with van der Waals surface area (Å²) < 4.78 is 15.4. The molecule has 1 heterocycles. The smallest absolute Gasteiger partial charge is 0.311 e. The lowest BCUT2D eigenvalue weighted by atomic mass is 10.2. The number of aromatic nitrogens is 1. The normalized spacial score (nSPS) is 10.1. The molecule has 0 aliphatic heterocycles. The van der Waals surface area contributed by atoms with Gasteiger partial charge >= 0.3 is 11.9 Å². The molecule has 1 aromatic heterocycles. The molecule has 2 aromatic rings. The van der Waals surface area contributed by atoms with E-state index < -0.39 is 11.9 Å². The fourth-order valence-electron chi connectivity index (χ4n) is 2.12. The van der Waals surface area contributed by atoms with Crippen molar-refractivity contribution in [1.82, 2.24) is 4.98 Å².